The highest BCUT2D eigenvalue weighted by molar-refractivity contribution is 7.20. The third-order valence-corrected chi connectivity index (χ3v) is 6.02. The first-order valence-electron chi connectivity index (χ1n) is 8.80. The first kappa shape index (κ1) is 18.9. The van der Waals surface area contributed by atoms with Crippen LogP contribution in [0.5, 0.6) is 0 Å². The number of hydrogen-bond acceptors (Lipinski definition) is 7. The van der Waals surface area contributed by atoms with Gasteiger partial charge in [0.2, 0.25) is 0 Å². The molecule has 4 aromatic rings. The number of rotatable bonds is 2. The molecule has 0 bridgehead atoms. The molecule has 0 fully saturated rings. The number of fused-ring (bicyclic) bond motifs is 2. The zero-order valence-corrected chi connectivity index (χ0v) is 17.3. The maximum atomic E-state index is 12.9. The summed E-state index contributed by atoms with van der Waals surface area (Å²) in [5, 5.41) is 3.92. The molecule has 0 aromatic carbocycles. The van der Waals surface area contributed by atoms with Gasteiger partial charge in [0.1, 0.15) is 16.3 Å². The Hall–Kier alpha value is -3.40. The van der Waals surface area contributed by atoms with Crippen molar-refractivity contribution in [1.82, 2.24) is 24.1 Å². The van der Waals surface area contributed by atoms with Crippen LogP contribution in [0, 0.1) is 20.8 Å². The summed E-state index contributed by atoms with van der Waals surface area (Å²) in [7, 11) is 2.95. The smallest absolute Gasteiger partial charge is 0.320 e. The topological polar surface area (TPSA) is 112 Å². The number of amides is 1. The van der Waals surface area contributed by atoms with Gasteiger partial charge in [-0.15, -0.1) is 11.3 Å². The molecule has 4 heterocycles. The quantitative estimate of drug-likeness (QED) is 0.539. The molecule has 0 aliphatic rings. The Bertz CT molecular complexity index is 1450. The molecule has 10 heteroatoms. The molecule has 4 aromatic heterocycles. The van der Waals surface area contributed by atoms with Crippen LogP contribution in [0.3, 0.4) is 0 Å². The zero-order chi connectivity index (χ0) is 21.0. The van der Waals surface area contributed by atoms with Gasteiger partial charge in [0, 0.05) is 25.2 Å². The summed E-state index contributed by atoms with van der Waals surface area (Å²) in [6, 6.07) is 1.53. The molecule has 1 amide bonds. The van der Waals surface area contributed by atoms with Crippen LogP contribution in [-0.4, -0.2) is 30.0 Å². The first-order chi connectivity index (χ1) is 13.7. The number of aryl methyl sites for hydroxylation is 4. The largest absolute Gasteiger partial charge is 0.332 e. The van der Waals surface area contributed by atoms with Crippen LogP contribution in [0.4, 0.5) is 5.69 Å². The Morgan fingerprint density at radius 1 is 1.10 bits per heavy atom. The molecule has 0 atom stereocenters. The summed E-state index contributed by atoms with van der Waals surface area (Å²) in [4.78, 5) is 51.6. The van der Waals surface area contributed by atoms with Crippen LogP contribution in [0.1, 0.15) is 26.8 Å². The number of hydrogen-bond donors (Lipinski definition) is 1. The van der Waals surface area contributed by atoms with E-state index in [-0.39, 0.29) is 16.9 Å². The second kappa shape index (κ2) is 6.59. The van der Waals surface area contributed by atoms with Crippen molar-refractivity contribution < 1.29 is 4.79 Å². The minimum Gasteiger partial charge on any atom is -0.320 e. The van der Waals surface area contributed by atoms with Gasteiger partial charge in [0.15, 0.2) is 0 Å². The van der Waals surface area contributed by atoms with E-state index in [2.05, 4.69) is 20.3 Å². The predicted molar refractivity (Wildman–Crippen MR) is 112 cm³/mol. The number of nitrogens with zero attached hydrogens (tertiary/aromatic N) is 5. The average molecular weight is 410 g/mol. The van der Waals surface area contributed by atoms with E-state index < -0.39 is 11.2 Å². The van der Waals surface area contributed by atoms with Gasteiger partial charge in [-0.05, 0) is 32.4 Å². The van der Waals surface area contributed by atoms with Crippen LogP contribution >= 0.6 is 11.3 Å². The van der Waals surface area contributed by atoms with Gasteiger partial charge in [0.25, 0.3) is 11.5 Å². The van der Waals surface area contributed by atoms with Crippen molar-refractivity contribution in [3.05, 3.63) is 55.1 Å². The van der Waals surface area contributed by atoms with Crippen LogP contribution in [0.2, 0.25) is 0 Å². The highest BCUT2D eigenvalue weighted by atomic mass is 32.1. The summed E-state index contributed by atoms with van der Waals surface area (Å²) < 4.78 is 2.30. The van der Waals surface area contributed by atoms with Crippen LogP contribution in [0.25, 0.3) is 21.3 Å². The molecular formula is C19H18N6O3S. The van der Waals surface area contributed by atoms with E-state index in [0.29, 0.717) is 16.4 Å². The van der Waals surface area contributed by atoms with E-state index in [0.717, 1.165) is 26.0 Å². The maximum Gasteiger partial charge on any atom is 0.332 e. The predicted octanol–water partition coefficient (Wildman–Crippen LogP) is 1.81. The average Bonchev–Trinajstić information content (AvgIpc) is 3.01. The molecule has 0 spiro atoms. The van der Waals surface area contributed by atoms with E-state index >= 15 is 0 Å². The lowest BCUT2D eigenvalue weighted by molar-refractivity contribution is 0.103. The fraction of sp³-hybridized carbons (Fsp3) is 0.263. The Morgan fingerprint density at radius 2 is 1.83 bits per heavy atom. The first-order valence-corrected chi connectivity index (χ1v) is 9.62. The number of aromatic nitrogens is 5. The van der Waals surface area contributed by atoms with Crippen LogP contribution in [-0.2, 0) is 14.1 Å². The van der Waals surface area contributed by atoms with Crippen molar-refractivity contribution in [2.45, 2.75) is 20.8 Å². The third kappa shape index (κ3) is 2.92. The Balaban J connectivity index is 1.78. The van der Waals surface area contributed by atoms with Crippen molar-refractivity contribution in [2.24, 2.45) is 14.1 Å². The summed E-state index contributed by atoms with van der Waals surface area (Å²) in [6.07, 6.45) is 1.43. The molecule has 9 nitrogen and oxygen atoms in total. The lowest BCUT2D eigenvalue weighted by Gasteiger charge is -2.09. The lowest BCUT2D eigenvalue weighted by atomic mass is 10.1. The zero-order valence-electron chi connectivity index (χ0n) is 16.5. The number of pyridine rings is 1. The van der Waals surface area contributed by atoms with Crippen LogP contribution < -0.4 is 16.6 Å². The summed E-state index contributed by atoms with van der Waals surface area (Å²) in [6.45, 7) is 5.57. The Labute approximate surface area is 168 Å². The van der Waals surface area contributed by atoms with Gasteiger partial charge in [-0.1, -0.05) is 0 Å². The standard InChI is InChI=1S/C19H18N6O3S/c1-8-13-9(2)21-10(3)22-17(13)29-14(8)16(26)23-11-6-12-15(20-7-11)24(4)19(28)25(5)18(12)27/h6-7H,1-5H3,(H,23,26). The molecule has 0 saturated heterocycles. The molecule has 148 valence electrons. The molecule has 0 aliphatic heterocycles. The molecule has 0 aliphatic carbocycles. The lowest BCUT2D eigenvalue weighted by Crippen LogP contribution is -2.37. The van der Waals surface area contributed by atoms with Gasteiger partial charge in [-0.2, -0.15) is 0 Å². The molecular weight excluding hydrogens is 392 g/mol. The second-order valence-electron chi connectivity index (χ2n) is 6.85. The fourth-order valence-corrected chi connectivity index (χ4v) is 4.58. The number of nitrogens with one attached hydrogen (secondary N) is 1. The number of thiophene rings is 1. The molecule has 1 N–H and O–H groups in total. The minimum absolute atomic E-state index is 0.248. The molecule has 0 unspecified atom stereocenters. The summed E-state index contributed by atoms with van der Waals surface area (Å²) in [5.41, 5.74) is 1.35. The van der Waals surface area contributed by atoms with E-state index in [9.17, 15) is 14.4 Å². The summed E-state index contributed by atoms with van der Waals surface area (Å²) >= 11 is 1.30. The van der Waals surface area contributed by atoms with Crippen molar-refractivity contribution in [1.29, 1.82) is 0 Å². The molecule has 4 rings (SSSR count). The fourth-order valence-electron chi connectivity index (χ4n) is 3.41. The van der Waals surface area contributed by atoms with Crippen molar-refractivity contribution in [3.63, 3.8) is 0 Å². The molecule has 29 heavy (non-hydrogen) atoms. The normalized spacial score (nSPS) is 11.3. The van der Waals surface area contributed by atoms with Crippen molar-refractivity contribution in [2.75, 3.05) is 5.32 Å². The van der Waals surface area contributed by atoms with E-state index in [1.807, 2.05) is 20.8 Å². The highest BCUT2D eigenvalue weighted by Gasteiger charge is 2.19. The van der Waals surface area contributed by atoms with E-state index in [1.54, 1.807) is 7.05 Å². The van der Waals surface area contributed by atoms with Crippen LogP contribution in [0.15, 0.2) is 21.9 Å². The number of carbonyl (C=O) groups excluding carboxylic acids is 1. The van der Waals surface area contributed by atoms with Gasteiger partial charge in [-0.25, -0.2) is 19.7 Å². The Morgan fingerprint density at radius 3 is 2.55 bits per heavy atom. The molecule has 0 saturated carbocycles. The van der Waals surface area contributed by atoms with Crippen molar-refractivity contribution in [3.8, 4) is 0 Å². The van der Waals surface area contributed by atoms with Gasteiger partial charge < -0.3 is 5.32 Å². The van der Waals surface area contributed by atoms with Gasteiger partial charge in [0.05, 0.1) is 22.1 Å². The van der Waals surface area contributed by atoms with Gasteiger partial charge >= 0.3 is 5.69 Å². The Kier molecular flexibility index (Phi) is 4.30. The highest BCUT2D eigenvalue weighted by Crippen LogP contribution is 2.31. The number of anilines is 1. The third-order valence-electron chi connectivity index (χ3n) is 4.84. The van der Waals surface area contributed by atoms with Gasteiger partial charge in [-0.3, -0.25) is 18.7 Å². The van der Waals surface area contributed by atoms with E-state index in [4.69, 9.17) is 0 Å². The molecule has 0 radical (unpaired) electrons. The van der Waals surface area contributed by atoms with E-state index in [1.165, 1.54) is 35.2 Å². The SMILES string of the molecule is Cc1nc(C)c2c(C)c(C(=O)Nc3cnc4c(c3)c(=O)n(C)c(=O)n4C)sc2n1. The second-order valence-corrected chi connectivity index (χ2v) is 7.85. The maximum absolute atomic E-state index is 12.9. The summed E-state index contributed by atoms with van der Waals surface area (Å²) in [5.74, 6) is 0.341. The monoisotopic (exact) mass is 410 g/mol. The van der Waals surface area contributed by atoms with Crippen molar-refractivity contribution >= 4 is 44.2 Å². The minimum atomic E-state index is -0.467. The number of carbonyl (C=O) groups is 1.